The van der Waals surface area contributed by atoms with E-state index in [0.717, 1.165) is 11.0 Å². The maximum absolute atomic E-state index is 11.8. The molecule has 0 saturated carbocycles. The van der Waals surface area contributed by atoms with E-state index in [-0.39, 0.29) is 13.2 Å². The van der Waals surface area contributed by atoms with Crippen LogP contribution in [-0.2, 0) is 22.6 Å². The van der Waals surface area contributed by atoms with E-state index in [0.29, 0.717) is 29.2 Å². The van der Waals surface area contributed by atoms with Crippen LogP contribution in [0.2, 0.25) is 0 Å². The fourth-order valence-electron chi connectivity index (χ4n) is 2.58. The lowest BCUT2D eigenvalue weighted by molar-refractivity contribution is 0.0523. The van der Waals surface area contributed by atoms with Crippen molar-refractivity contribution in [3.63, 3.8) is 0 Å². The van der Waals surface area contributed by atoms with Gasteiger partial charge in [-0.15, -0.1) is 0 Å². The molecule has 0 saturated heterocycles. The standard InChI is InChI=1S/C17H17BO6/c1-2-22-17(20)15-5-3-13(7-11(15)9-19)24-14-4-6-16-12(8-14)10-23-18(16)21/h3-8,19,21H,2,9-10H2,1H3. The number of carbonyl (C=O) groups is 1. The Morgan fingerprint density at radius 3 is 2.75 bits per heavy atom. The van der Waals surface area contributed by atoms with Crippen LogP contribution < -0.4 is 10.2 Å². The van der Waals surface area contributed by atoms with E-state index >= 15 is 0 Å². The van der Waals surface area contributed by atoms with E-state index < -0.39 is 13.1 Å². The Hall–Kier alpha value is -2.35. The van der Waals surface area contributed by atoms with Gasteiger partial charge in [0.2, 0.25) is 0 Å². The van der Waals surface area contributed by atoms with Gasteiger partial charge in [-0.3, -0.25) is 0 Å². The lowest BCUT2D eigenvalue weighted by atomic mass is 9.80. The number of aliphatic hydroxyl groups excluding tert-OH is 1. The first kappa shape index (κ1) is 16.5. The van der Waals surface area contributed by atoms with E-state index in [4.69, 9.17) is 14.1 Å². The highest BCUT2D eigenvalue weighted by atomic mass is 16.5. The Kier molecular flexibility index (Phi) is 4.85. The highest BCUT2D eigenvalue weighted by Gasteiger charge is 2.27. The number of rotatable bonds is 5. The Morgan fingerprint density at radius 1 is 1.25 bits per heavy atom. The van der Waals surface area contributed by atoms with Gasteiger partial charge in [-0.05, 0) is 53.8 Å². The van der Waals surface area contributed by atoms with Crippen LogP contribution in [0.4, 0.5) is 0 Å². The number of aliphatic hydroxyl groups is 1. The summed E-state index contributed by atoms with van der Waals surface area (Å²) in [5.74, 6) is 0.600. The van der Waals surface area contributed by atoms with Crippen LogP contribution >= 0.6 is 0 Å². The van der Waals surface area contributed by atoms with Gasteiger partial charge in [0.15, 0.2) is 0 Å². The van der Waals surface area contributed by atoms with Crippen molar-refractivity contribution in [3.8, 4) is 11.5 Å². The van der Waals surface area contributed by atoms with E-state index in [1.807, 2.05) is 0 Å². The molecular formula is C17H17BO6. The first-order valence-electron chi connectivity index (χ1n) is 7.63. The smallest absolute Gasteiger partial charge is 0.462 e. The van der Waals surface area contributed by atoms with Crippen molar-refractivity contribution in [1.82, 2.24) is 0 Å². The van der Waals surface area contributed by atoms with Gasteiger partial charge in [0, 0.05) is 0 Å². The molecule has 0 amide bonds. The lowest BCUT2D eigenvalue weighted by Crippen LogP contribution is -2.27. The van der Waals surface area contributed by atoms with Gasteiger partial charge in [-0.25, -0.2) is 4.79 Å². The predicted molar refractivity (Wildman–Crippen MR) is 87.2 cm³/mol. The van der Waals surface area contributed by atoms with E-state index in [9.17, 15) is 14.9 Å². The summed E-state index contributed by atoms with van der Waals surface area (Å²) in [7, 11) is -0.890. The van der Waals surface area contributed by atoms with Crippen LogP contribution in [-0.4, -0.2) is 29.8 Å². The number of hydrogen-bond donors (Lipinski definition) is 2. The van der Waals surface area contributed by atoms with Crippen molar-refractivity contribution >= 4 is 18.6 Å². The van der Waals surface area contributed by atoms with Crippen LogP contribution in [0.3, 0.4) is 0 Å². The van der Waals surface area contributed by atoms with Crippen LogP contribution in [0.25, 0.3) is 0 Å². The summed E-state index contributed by atoms with van der Waals surface area (Å²) in [5.41, 5.74) is 2.35. The zero-order chi connectivity index (χ0) is 17.1. The van der Waals surface area contributed by atoms with E-state index in [1.165, 1.54) is 0 Å². The Balaban J connectivity index is 1.82. The average molecular weight is 328 g/mol. The monoisotopic (exact) mass is 328 g/mol. The number of carbonyl (C=O) groups excluding carboxylic acids is 1. The van der Waals surface area contributed by atoms with Crippen molar-refractivity contribution in [2.24, 2.45) is 0 Å². The van der Waals surface area contributed by atoms with Gasteiger partial charge in [0.05, 0.1) is 25.4 Å². The van der Waals surface area contributed by atoms with Gasteiger partial charge in [-0.2, -0.15) is 0 Å². The molecule has 0 fully saturated rings. The minimum absolute atomic E-state index is 0.269. The molecule has 2 aromatic rings. The summed E-state index contributed by atoms with van der Waals surface area (Å²) in [5, 5.41) is 19.1. The minimum Gasteiger partial charge on any atom is -0.462 e. The van der Waals surface area contributed by atoms with Crippen molar-refractivity contribution < 1.29 is 29.1 Å². The summed E-state index contributed by atoms with van der Waals surface area (Å²) in [6.45, 7) is 2.03. The SMILES string of the molecule is CCOC(=O)c1ccc(Oc2ccc3c(c2)COB3O)cc1CO. The Morgan fingerprint density at radius 2 is 2.00 bits per heavy atom. The normalized spacial score (nSPS) is 12.9. The molecule has 1 heterocycles. The van der Waals surface area contributed by atoms with Crippen LogP contribution in [0.1, 0.15) is 28.4 Å². The van der Waals surface area contributed by atoms with Crippen molar-refractivity contribution in [3.05, 3.63) is 53.1 Å². The number of fused-ring (bicyclic) bond motifs is 1. The molecule has 2 N–H and O–H groups in total. The summed E-state index contributed by atoms with van der Waals surface area (Å²) in [6, 6.07) is 10.1. The quantitative estimate of drug-likeness (QED) is 0.637. The third-order valence-corrected chi connectivity index (χ3v) is 3.76. The molecule has 1 aliphatic rings. The second-order valence-corrected chi connectivity index (χ2v) is 5.32. The molecule has 0 aromatic heterocycles. The third-order valence-electron chi connectivity index (χ3n) is 3.76. The second kappa shape index (κ2) is 7.04. The highest BCUT2D eigenvalue weighted by Crippen LogP contribution is 2.26. The molecule has 1 aliphatic heterocycles. The number of esters is 1. The largest absolute Gasteiger partial charge is 0.491 e. The minimum atomic E-state index is -0.890. The maximum atomic E-state index is 11.8. The zero-order valence-corrected chi connectivity index (χ0v) is 13.2. The summed E-state index contributed by atoms with van der Waals surface area (Å²) < 4.78 is 15.9. The molecule has 0 unspecified atom stereocenters. The summed E-state index contributed by atoms with van der Waals surface area (Å²) in [6.07, 6.45) is 0. The molecule has 124 valence electrons. The average Bonchev–Trinajstić information content (AvgIpc) is 2.95. The van der Waals surface area contributed by atoms with Gasteiger partial charge in [-0.1, -0.05) is 6.07 Å². The van der Waals surface area contributed by atoms with Crippen LogP contribution in [0, 0.1) is 0 Å². The molecule has 2 aromatic carbocycles. The molecule has 0 spiro atoms. The van der Waals surface area contributed by atoms with Crippen molar-refractivity contribution in [1.29, 1.82) is 0 Å². The summed E-state index contributed by atoms with van der Waals surface area (Å²) in [4.78, 5) is 11.8. The molecule has 0 aliphatic carbocycles. The van der Waals surface area contributed by atoms with Gasteiger partial charge in [0.25, 0.3) is 0 Å². The van der Waals surface area contributed by atoms with Crippen molar-refractivity contribution in [2.45, 2.75) is 20.1 Å². The molecule has 3 rings (SSSR count). The van der Waals surface area contributed by atoms with E-state index in [2.05, 4.69) is 0 Å². The number of hydrogen-bond acceptors (Lipinski definition) is 6. The lowest BCUT2D eigenvalue weighted by Gasteiger charge is -2.11. The molecule has 7 heteroatoms. The first-order valence-corrected chi connectivity index (χ1v) is 7.63. The van der Waals surface area contributed by atoms with E-state index in [1.54, 1.807) is 43.3 Å². The fourth-order valence-corrected chi connectivity index (χ4v) is 2.58. The topological polar surface area (TPSA) is 85.2 Å². The fraction of sp³-hybridized carbons (Fsp3) is 0.235. The highest BCUT2D eigenvalue weighted by molar-refractivity contribution is 6.61. The predicted octanol–water partition coefficient (Wildman–Crippen LogP) is 1.37. The van der Waals surface area contributed by atoms with Crippen LogP contribution in [0.15, 0.2) is 36.4 Å². The van der Waals surface area contributed by atoms with Gasteiger partial charge >= 0.3 is 13.1 Å². The van der Waals surface area contributed by atoms with Gasteiger partial charge < -0.3 is 24.3 Å². The molecular weight excluding hydrogens is 311 g/mol. The Bertz CT molecular complexity index is 761. The van der Waals surface area contributed by atoms with Crippen LogP contribution in [0.5, 0.6) is 11.5 Å². The number of benzene rings is 2. The van der Waals surface area contributed by atoms with Gasteiger partial charge in [0.1, 0.15) is 11.5 Å². The van der Waals surface area contributed by atoms with Crippen molar-refractivity contribution in [2.75, 3.05) is 6.61 Å². The second-order valence-electron chi connectivity index (χ2n) is 5.32. The zero-order valence-electron chi connectivity index (χ0n) is 13.2. The summed E-state index contributed by atoms with van der Waals surface area (Å²) >= 11 is 0. The number of ether oxygens (including phenoxy) is 2. The maximum Gasteiger partial charge on any atom is 0.491 e. The molecule has 0 atom stereocenters. The first-order chi connectivity index (χ1) is 11.6. The Labute approximate surface area is 139 Å². The molecule has 24 heavy (non-hydrogen) atoms. The molecule has 6 nitrogen and oxygen atoms in total. The molecule has 0 bridgehead atoms. The third kappa shape index (κ3) is 3.28. The molecule has 0 radical (unpaired) electrons.